The number of benzene rings is 2. The van der Waals surface area contributed by atoms with E-state index in [1.807, 2.05) is 74.5 Å². The highest BCUT2D eigenvalue weighted by atomic mass is 16.2. The van der Waals surface area contributed by atoms with Gasteiger partial charge in [0.15, 0.2) is 0 Å². The van der Waals surface area contributed by atoms with Crippen LogP contribution in [0.2, 0.25) is 0 Å². The molecule has 0 fully saturated rings. The molecular formula is C18H22N2O. The van der Waals surface area contributed by atoms with Crippen LogP contribution in [0.4, 0.5) is 5.69 Å². The average molecular weight is 282 g/mol. The molecule has 2 aromatic rings. The summed E-state index contributed by atoms with van der Waals surface area (Å²) in [5.41, 5.74) is 1.98. The van der Waals surface area contributed by atoms with Crippen LogP contribution in [0.15, 0.2) is 60.7 Å². The van der Waals surface area contributed by atoms with Crippen molar-refractivity contribution in [3.05, 3.63) is 66.2 Å². The maximum Gasteiger partial charge on any atom is 0.241 e. The number of amides is 1. The molecular weight excluding hydrogens is 260 g/mol. The third-order valence-corrected chi connectivity index (χ3v) is 3.17. The molecule has 0 saturated heterocycles. The Morgan fingerprint density at radius 1 is 0.952 bits per heavy atom. The van der Waals surface area contributed by atoms with Crippen molar-refractivity contribution in [2.75, 3.05) is 5.32 Å². The van der Waals surface area contributed by atoms with Gasteiger partial charge in [-0.25, -0.2) is 0 Å². The first-order valence-electron chi connectivity index (χ1n) is 7.31. The summed E-state index contributed by atoms with van der Waals surface area (Å²) in [4.78, 5) is 12.5. The number of hydrogen-bond acceptors (Lipinski definition) is 2. The Bertz CT molecular complexity index is 552. The lowest BCUT2D eigenvalue weighted by Gasteiger charge is -2.21. The number of anilines is 1. The molecule has 0 saturated carbocycles. The van der Waals surface area contributed by atoms with E-state index in [2.05, 4.69) is 10.6 Å². The van der Waals surface area contributed by atoms with Crippen molar-refractivity contribution in [3.63, 3.8) is 0 Å². The number of carbonyl (C=O) groups is 1. The first kappa shape index (κ1) is 15.3. The Kier molecular flexibility index (Phi) is 5.52. The van der Waals surface area contributed by atoms with Gasteiger partial charge in [-0.15, -0.1) is 0 Å². The van der Waals surface area contributed by atoms with E-state index >= 15 is 0 Å². The van der Waals surface area contributed by atoms with E-state index in [4.69, 9.17) is 0 Å². The van der Waals surface area contributed by atoms with Crippen LogP contribution in [0, 0.1) is 0 Å². The van der Waals surface area contributed by atoms with Crippen LogP contribution in [0.1, 0.15) is 19.4 Å². The molecule has 21 heavy (non-hydrogen) atoms. The van der Waals surface area contributed by atoms with Crippen molar-refractivity contribution >= 4 is 11.6 Å². The fourth-order valence-corrected chi connectivity index (χ4v) is 2.23. The smallest absolute Gasteiger partial charge is 0.241 e. The zero-order valence-electron chi connectivity index (χ0n) is 12.5. The molecule has 3 nitrogen and oxygen atoms in total. The zero-order chi connectivity index (χ0) is 15.1. The van der Waals surface area contributed by atoms with Gasteiger partial charge < -0.3 is 10.6 Å². The first-order chi connectivity index (χ1) is 10.1. The van der Waals surface area contributed by atoms with Crippen LogP contribution in [0.25, 0.3) is 0 Å². The van der Waals surface area contributed by atoms with Crippen LogP contribution < -0.4 is 10.6 Å². The van der Waals surface area contributed by atoms with Gasteiger partial charge in [0.05, 0.1) is 6.04 Å². The van der Waals surface area contributed by atoms with Gasteiger partial charge >= 0.3 is 0 Å². The molecule has 1 amide bonds. The number of nitrogens with one attached hydrogen (secondary N) is 2. The Labute approximate surface area is 126 Å². The lowest BCUT2D eigenvalue weighted by molar-refractivity contribution is -0.118. The van der Waals surface area contributed by atoms with Gasteiger partial charge in [-0.05, 0) is 24.1 Å². The molecule has 0 heterocycles. The highest BCUT2D eigenvalue weighted by Crippen LogP contribution is 2.09. The monoisotopic (exact) mass is 282 g/mol. The minimum Gasteiger partial charge on any atom is -0.325 e. The maximum atomic E-state index is 12.5. The molecule has 0 aliphatic carbocycles. The van der Waals surface area contributed by atoms with Gasteiger partial charge in [-0.1, -0.05) is 62.4 Å². The number of para-hydroxylation sites is 1. The second-order valence-electron chi connectivity index (χ2n) is 5.42. The predicted molar refractivity (Wildman–Crippen MR) is 87.3 cm³/mol. The molecule has 110 valence electrons. The summed E-state index contributed by atoms with van der Waals surface area (Å²) in [6.45, 7) is 4.10. The zero-order valence-corrected chi connectivity index (χ0v) is 12.5. The molecule has 0 aromatic heterocycles. The molecule has 1 unspecified atom stereocenters. The summed E-state index contributed by atoms with van der Waals surface area (Å²) in [6, 6.07) is 19.6. The summed E-state index contributed by atoms with van der Waals surface area (Å²) < 4.78 is 0. The predicted octanol–water partition coefficient (Wildman–Crippen LogP) is 3.23. The van der Waals surface area contributed by atoms with E-state index < -0.39 is 0 Å². The maximum absolute atomic E-state index is 12.5. The summed E-state index contributed by atoms with van der Waals surface area (Å²) in [5.74, 6) is -0.00115. The Hall–Kier alpha value is -2.13. The van der Waals surface area contributed by atoms with Crippen molar-refractivity contribution in [1.29, 1.82) is 0 Å². The summed E-state index contributed by atoms with van der Waals surface area (Å²) >= 11 is 0. The molecule has 0 spiro atoms. The molecule has 2 N–H and O–H groups in total. The minimum absolute atomic E-state index is 0.00115. The van der Waals surface area contributed by atoms with Gasteiger partial charge in [-0.2, -0.15) is 0 Å². The van der Waals surface area contributed by atoms with Crippen molar-refractivity contribution in [3.8, 4) is 0 Å². The van der Waals surface area contributed by atoms with E-state index in [1.54, 1.807) is 0 Å². The van der Waals surface area contributed by atoms with Gasteiger partial charge in [-0.3, -0.25) is 4.79 Å². The van der Waals surface area contributed by atoms with E-state index in [1.165, 1.54) is 0 Å². The molecule has 0 aliphatic rings. The molecule has 3 heteroatoms. The molecule has 1 atom stereocenters. The highest BCUT2D eigenvalue weighted by Gasteiger charge is 2.19. The van der Waals surface area contributed by atoms with Gasteiger partial charge in [0.25, 0.3) is 0 Å². The van der Waals surface area contributed by atoms with Crippen LogP contribution in [0.3, 0.4) is 0 Å². The lowest BCUT2D eigenvalue weighted by Crippen LogP contribution is -2.45. The Morgan fingerprint density at radius 2 is 1.52 bits per heavy atom. The van der Waals surface area contributed by atoms with Crippen molar-refractivity contribution in [1.82, 2.24) is 5.32 Å². The Balaban J connectivity index is 2.06. The fraction of sp³-hybridized carbons (Fsp3) is 0.278. The largest absolute Gasteiger partial charge is 0.325 e. The van der Waals surface area contributed by atoms with E-state index in [9.17, 15) is 4.79 Å². The SMILES string of the molecule is CC(C)NC(Cc1ccccc1)C(=O)Nc1ccccc1. The van der Waals surface area contributed by atoms with Crippen LogP contribution in [0.5, 0.6) is 0 Å². The molecule has 2 rings (SSSR count). The quantitative estimate of drug-likeness (QED) is 0.854. The van der Waals surface area contributed by atoms with Gasteiger partial charge in [0.1, 0.15) is 0 Å². The van der Waals surface area contributed by atoms with Crippen LogP contribution in [-0.4, -0.2) is 18.0 Å². The molecule has 0 radical (unpaired) electrons. The van der Waals surface area contributed by atoms with Gasteiger partial charge in [0.2, 0.25) is 5.91 Å². The molecule has 0 bridgehead atoms. The summed E-state index contributed by atoms with van der Waals surface area (Å²) in [5, 5.41) is 6.30. The fourth-order valence-electron chi connectivity index (χ4n) is 2.23. The number of rotatable bonds is 6. The minimum atomic E-state index is -0.243. The molecule has 2 aromatic carbocycles. The average Bonchev–Trinajstić information content (AvgIpc) is 2.48. The van der Waals surface area contributed by atoms with Crippen LogP contribution >= 0.6 is 0 Å². The third-order valence-electron chi connectivity index (χ3n) is 3.17. The summed E-state index contributed by atoms with van der Waals surface area (Å²) in [6.07, 6.45) is 0.678. The van der Waals surface area contributed by atoms with Crippen molar-refractivity contribution in [2.45, 2.75) is 32.4 Å². The standard InChI is InChI=1S/C18H22N2O/c1-14(2)19-17(13-15-9-5-3-6-10-15)18(21)20-16-11-7-4-8-12-16/h3-12,14,17,19H,13H2,1-2H3,(H,20,21). The van der Waals surface area contributed by atoms with E-state index in [0.717, 1.165) is 11.3 Å². The normalized spacial score (nSPS) is 12.1. The highest BCUT2D eigenvalue weighted by molar-refractivity contribution is 5.95. The van der Waals surface area contributed by atoms with Gasteiger partial charge in [0, 0.05) is 11.7 Å². The van der Waals surface area contributed by atoms with Crippen LogP contribution in [-0.2, 0) is 11.2 Å². The second-order valence-corrected chi connectivity index (χ2v) is 5.42. The van der Waals surface area contributed by atoms with E-state index in [0.29, 0.717) is 6.42 Å². The topological polar surface area (TPSA) is 41.1 Å². The van der Waals surface area contributed by atoms with Crippen molar-refractivity contribution in [2.24, 2.45) is 0 Å². The Morgan fingerprint density at radius 3 is 2.10 bits per heavy atom. The first-order valence-corrected chi connectivity index (χ1v) is 7.31. The second kappa shape index (κ2) is 7.60. The number of hydrogen-bond donors (Lipinski definition) is 2. The summed E-state index contributed by atoms with van der Waals surface area (Å²) in [7, 11) is 0. The molecule has 0 aliphatic heterocycles. The van der Waals surface area contributed by atoms with Crippen molar-refractivity contribution < 1.29 is 4.79 Å². The number of carbonyl (C=O) groups excluding carboxylic acids is 1. The van der Waals surface area contributed by atoms with E-state index in [-0.39, 0.29) is 18.0 Å². The lowest BCUT2D eigenvalue weighted by atomic mass is 10.0. The third kappa shape index (κ3) is 5.04.